The number of carbonyl (C=O) groups is 1. The van der Waals surface area contributed by atoms with Crippen LogP contribution >= 0.6 is 0 Å². The molecule has 0 bridgehead atoms. The molecule has 1 fully saturated rings. The van der Waals surface area contributed by atoms with Crippen molar-refractivity contribution in [2.45, 2.75) is 38.8 Å². The standard InChI is InChI=1S/C14H20N2O2/c1-2-16(11-12-6-8-15-9-7-12)14(17)13-5-3-4-10-18-13/h6-9,13H,2-5,10-11H2,1H3/t13-/m0/s1. The second-order valence-corrected chi connectivity index (χ2v) is 4.56. The molecule has 98 valence electrons. The summed E-state index contributed by atoms with van der Waals surface area (Å²) in [4.78, 5) is 18.2. The van der Waals surface area contributed by atoms with Gasteiger partial charge in [-0.1, -0.05) is 0 Å². The average molecular weight is 248 g/mol. The van der Waals surface area contributed by atoms with Gasteiger partial charge in [-0.25, -0.2) is 0 Å². The van der Waals surface area contributed by atoms with Crippen LogP contribution < -0.4 is 0 Å². The summed E-state index contributed by atoms with van der Waals surface area (Å²) in [6.07, 6.45) is 6.28. The van der Waals surface area contributed by atoms with Gasteiger partial charge in [0.2, 0.25) is 0 Å². The van der Waals surface area contributed by atoms with Gasteiger partial charge in [0.25, 0.3) is 5.91 Å². The van der Waals surface area contributed by atoms with E-state index in [2.05, 4.69) is 4.98 Å². The Balaban J connectivity index is 1.97. The number of aromatic nitrogens is 1. The van der Waals surface area contributed by atoms with Crippen LogP contribution in [-0.4, -0.2) is 35.0 Å². The summed E-state index contributed by atoms with van der Waals surface area (Å²) in [6, 6.07) is 3.88. The van der Waals surface area contributed by atoms with Crippen molar-refractivity contribution in [3.05, 3.63) is 30.1 Å². The summed E-state index contributed by atoms with van der Waals surface area (Å²) in [5, 5.41) is 0. The number of rotatable bonds is 4. The van der Waals surface area contributed by atoms with Crippen LogP contribution in [0.25, 0.3) is 0 Å². The molecule has 4 nitrogen and oxygen atoms in total. The van der Waals surface area contributed by atoms with E-state index in [1.807, 2.05) is 24.0 Å². The average Bonchev–Trinajstić information content (AvgIpc) is 2.46. The molecule has 0 N–H and O–H groups in total. The minimum Gasteiger partial charge on any atom is -0.368 e. The van der Waals surface area contributed by atoms with Crippen LogP contribution in [0.1, 0.15) is 31.7 Å². The van der Waals surface area contributed by atoms with Crippen molar-refractivity contribution in [3.63, 3.8) is 0 Å². The first-order chi connectivity index (χ1) is 8.81. The maximum Gasteiger partial charge on any atom is 0.251 e. The zero-order valence-corrected chi connectivity index (χ0v) is 10.8. The number of hydrogen-bond donors (Lipinski definition) is 0. The van der Waals surface area contributed by atoms with Gasteiger partial charge in [0.15, 0.2) is 0 Å². The predicted octanol–water partition coefficient (Wildman–Crippen LogP) is 2.00. The molecule has 1 aromatic heterocycles. The molecular weight excluding hydrogens is 228 g/mol. The Morgan fingerprint density at radius 1 is 1.44 bits per heavy atom. The number of carbonyl (C=O) groups excluding carboxylic acids is 1. The molecule has 1 amide bonds. The van der Waals surface area contributed by atoms with E-state index in [0.717, 1.165) is 24.8 Å². The zero-order valence-electron chi connectivity index (χ0n) is 10.8. The Hall–Kier alpha value is -1.42. The van der Waals surface area contributed by atoms with Crippen LogP contribution in [0.3, 0.4) is 0 Å². The lowest BCUT2D eigenvalue weighted by molar-refractivity contribution is -0.146. The lowest BCUT2D eigenvalue weighted by Gasteiger charge is -2.28. The fourth-order valence-electron chi connectivity index (χ4n) is 2.19. The number of pyridine rings is 1. The second kappa shape index (κ2) is 6.50. The van der Waals surface area contributed by atoms with E-state index in [4.69, 9.17) is 4.74 Å². The second-order valence-electron chi connectivity index (χ2n) is 4.56. The Kier molecular flexibility index (Phi) is 4.70. The van der Waals surface area contributed by atoms with Crippen molar-refractivity contribution in [2.75, 3.05) is 13.2 Å². The lowest BCUT2D eigenvalue weighted by Crippen LogP contribution is -2.41. The third-order valence-electron chi connectivity index (χ3n) is 3.27. The van der Waals surface area contributed by atoms with E-state index in [0.29, 0.717) is 19.7 Å². The Morgan fingerprint density at radius 3 is 2.83 bits per heavy atom. The quantitative estimate of drug-likeness (QED) is 0.818. The van der Waals surface area contributed by atoms with Crippen molar-refractivity contribution in [3.8, 4) is 0 Å². The third-order valence-corrected chi connectivity index (χ3v) is 3.27. The minimum absolute atomic E-state index is 0.119. The molecule has 2 rings (SSSR count). The molecule has 0 saturated carbocycles. The fraction of sp³-hybridized carbons (Fsp3) is 0.571. The molecule has 2 heterocycles. The van der Waals surface area contributed by atoms with Crippen LogP contribution in [0, 0.1) is 0 Å². The SMILES string of the molecule is CCN(Cc1ccncc1)C(=O)[C@@H]1CCCCO1. The molecule has 18 heavy (non-hydrogen) atoms. The first-order valence-electron chi connectivity index (χ1n) is 6.60. The van der Waals surface area contributed by atoms with E-state index in [1.165, 1.54) is 0 Å². The Labute approximate surface area is 108 Å². The van der Waals surface area contributed by atoms with E-state index < -0.39 is 0 Å². The van der Waals surface area contributed by atoms with Gasteiger partial charge >= 0.3 is 0 Å². The summed E-state index contributed by atoms with van der Waals surface area (Å²) >= 11 is 0. The smallest absolute Gasteiger partial charge is 0.251 e. The summed E-state index contributed by atoms with van der Waals surface area (Å²) in [5.74, 6) is 0.119. The van der Waals surface area contributed by atoms with Crippen LogP contribution in [0.5, 0.6) is 0 Å². The van der Waals surface area contributed by atoms with Crippen molar-refractivity contribution in [2.24, 2.45) is 0 Å². The molecule has 0 spiro atoms. The Morgan fingerprint density at radius 2 is 2.22 bits per heavy atom. The van der Waals surface area contributed by atoms with Gasteiger partial charge in [-0.3, -0.25) is 9.78 Å². The lowest BCUT2D eigenvalue weighted by atomic mass is 10.1. The minimum atomic E-state index is -0.236. The molecular formula is C14H20N2O2. The van der Waals surface area contributed by atoms with Gasteiger partial charge < -0.3 is 9.64 Å². The first kappa shape index (κ1) is 13.0. The summed E-state index contributed by atoms with van der Waals surface area (Å²) < 4.78 is 5.56. The molecule has 1 aliphatic rings. The van der Waals surface area contributed by atoms with Crippen molar-refractivity contribution in [1.29, 1.82) is 0 Å². The highest BCUT2D eigenvalue weighted by molar-refractivity contribution is 5.81. The van der Waals surface area contributed by atoms with E-state index in [-0.39, 0.29) is 12.0 Å². The Bertz CT molecular complexity index is 375. The normalized spacial score (nSPS) is 19.5. The van der Waals surface area contributed by atoms with Crippen LogP contribution in [-0.2, 0) is 16.1 Å². The number of amides is 1. The monoisotopic (exact) mass is 248 g/mol. The topological polar surface area (TPSA) is 42.4 Å². The number of likely N-dealkylation sites (N-methyl/N-ethyl adjacent to an activating group) is 1. The van der Waals surface area contributed by atoms with Gasteiger partial charge in [0, 0.05) is 32.1 Å². The summed E-state index contributed by atoms with van der Waals surface area (Å²) in [6.45, 7) is 4.06. The van der Waals surface area contributed by atoms with Crippen molar-refractivity contribution >= 4 is 5.91 Å². The largest absolute Gasteiger partial charge is 0.368 e. The molecule has 1 aromatic rings. The summed E-state index contributed by atoms with van der Waals surface area (Å²) in [7, 11) is 0. The molecule has 1 atom stereocenters. The van der Waals surface area contributed by atoms with Gasteiger partial charge in [0.05, 0.1) is 0 Å². The first-order valence-corrected chi connectivity index (χ1v) is 6.60. The molecule has 0 aliphatic carbocycles. The van der Waals surface area contributed by atoms with Gasteiger partial charge in [-0.05, 0) is 43.9 Å². The molecule has 1 aliphatic heterocycles. The highest BCUT2D eigenvalue weighted by atomic mass is 16.5. The zero-order chi connectivity index (χ0) is 12.8. The summed E-state index contributed by atoms with van der Waals surface area (Å²) in [5.41, 5.74) is 1.11. The number of nitrogens with zero attached hydrogens (tertiary/aromatic N) is 2. The maximum absolute atomic E-state index is 12.3. The molecule has 0 unspecified atom stereocenters. The third kappa shape index (κ3) is 3.29. The predicted molar refractivity (Wildman–Crippen MR) is 68.9 cm³/mol. The highest BCUT2D eigenvalue weighted by Crippen LogP contribution is 2.16. The van der Waals surface area contributed by atoms with Crippen LogP contribution in [0.4, 0.5) is 0 Å². The van der Waals surface area contributed by atoms with E-state index >= 15 is 0 Å². The van der Waals surface area contributed by atoms with Crippen LogP contribution in [0.2, 0.25) is 0 Å². The van der Waals surface area contributed by atoms with Gasteiger partial charge in [0.1, 0.15) is 6.10 Å². The number of ether oxygens (including phenoxy) is 1. The molecule has 4 heteroatoms. The van der Waals surface area contributed by atoms with Crippen LogP contribution in [0.15, 0.2) is 24.5 Å². The van der Waals surface area contributed by atoms with Gasteiger partial charge in [-0.2, -0.15) is 0 Å². The van der Waals surface area contributed by atoms with E-state index in [9.17, 15) is 4.79 Å². The van der Waals surface area contributed by atoms with Gasteiger partial charge in [-0.15, -0.1) is 0 Å². The molecule has 1 saturated heterocycles. The fourth-order valence-corrected chi connectivity index (χ4v) is 2.19. The maximum atomic E-state index is 12.3. The molecule has 0 aromatic carbocycles. The highest BCUT2D eigenvalue weighted by Gasteiger charge is 2.26. The van der Waals surface area contributed by atoms with Crippen molar-refractivity contribution < 1.29 is 9.53 Å². The van der Waals surface area contributed by atoms with Crippen molar-refractivity contribution in [1.82, 2.24) is 9.88 Å². The number of hydrogen-bond acceptors (Lipinski definition) is 3. The van der Waals surface area contributed by atoms with E-state index in [1.54, 1.807) is 12.4 Å². The molecule has 0 radical (unpaired) electrons.